The summed E-state index contributed by atoms with van der Waals surface area (Å²) in [6, 6.07) is 17.2. The lowest BCUT2D eigenvalue weighted by atomic mass is 10.1. The number of benzene rings is 2. The Bertz CT molecular complexity index is 996. The molecule has 0 radical (unpaired) electrons. The number of nitriles is 1. The van der Waals surface area contributed by atoms with Gasteiger partial charge in [-0.3, -0.25) is 4.79 Å². The zero-order chi connectivity index (χ0) is 16.7. The highest BCUT2D eigenvalue weighted by Crippen LogP contribution is 2.29. The Morgan fingerprint density at radius 3 is 2.62 bits per heavy atom. The van der Waals surface area contributed by atoms with Crippen molar-refractivity contribution in [3.63, 3.8) is 0 Å². The van der Waals surface area contributed by atoms with Gasteiger partial charge in [-0.25, -0.2) is 0 Å². The molecule has 5 heteroatoms. The van der Waals surface area contributed by atoms with Crippen LogP contribution in [-0.2, 0) is 6.54 Å². The molecule has 0 unspecified atom stereocenters. The Morgan fingerprint density at radius 1 is 1.08 bits per heavy atom. The van der Waals surface area contributed by atoms with E-state index >= 15 is 0 Å². The summed E-state index contributed by atoms with van der Waals surface area (Å²) in [7, 11) is 0. The Kier molecular flexibility index (Phi) is 3.47. The summed E-state index contributed by atoms with van der Waals surface area (Å²) < 4.78 is 2.94. The molecule has 2 aromatic carbocycles. The number of carbonyl (C=O) groups excluding carboxylic acids is 1. The first-order valence-corrected chi connectivity index (χ1v) is 8.24. The van der Waals surface area contributed by atoms with Gasteiger partial charge in [0.05, 0.1) is 11.6 Å². The fourth-order valence-electron chi connectivity index (χ4n) is 2.91. The molecule has 1 aromatic heterocycles. The van der Waals surface area contributed by atoms with E-state index in [2.05, 4.69) is 27.3 Å². The predicted octanol–water partition coefficient (Wildman–Crippen LogP) is 4.40. The van der Waals surface area contributed by atoms with Crippen LogP contribution in [-0.4, -0.2) is 10.5 Å². The molecule has 3 aromatic rings. The van der Waals surface area contributed by atoms with Crippen LogP contribution in [0.25, 0.3) is 11.1 Å². The third-order valence-electron chi connectivity index (χ3n) is 4.13. The topological polar surface area (TPSA) is 57.8 Å². The van der Waals surface area contributed by atoms with Crippen molar-refractivity contribution in [1.29, 1.82) is 5.26 Å². The molecule has 0 saturated heterocycles. The molecule has 1 aliphatic rings. The summed E-state index contributed by atoms with van der Waals surface area (Å²) in [5, 5.41) is 11.9. The lowest BCUT2D eigenvalue weighted by Gasteiger charge is -2.07. The van der Waals surface area contributed by atoms with Gasteiger partial charge in [-0.1, -0.05) is 28.1 Å². The van der Waals surface area contributed by atoms with E-state index in [0.29, 0.717) is 17.8 Å². The van der Waals surface area contributed by atoms with Crippen LogP contribution in [0.3, 0.4) is 0 Å². The Hall–Kier alpha value is -2.84. The number of nitrogens with one attached hydrogen (secondary N) is 1. The van der Waals surface area contributed by atoms with Gasteiger partial charge in [0.2, 0.25) is 0 Å². The van der Waals surface area contributed by atoms with Crippen LogP contribution in [0.5, 0.6) is 0 Å². The summed E-state index contributed by atoms with van der Waals surface area (Å²) in [6.07, 6.45) is 1.98. The maximum Gasteiger partial charge on any atom is 0.272 e. The van der Waals surface area contributed by atoms with Gasteiger partial charge in [-0.2, -0.15) is 5.26 Å². The first-order chi connectivity index (χ1) is 11.6. The highest BCUT2D eigenvalue weighted by Gasteiger charge is 2.20. The van der Waals surface area contributed by atoms with Crippen molar-refractivity contribution in [2.24, 2.45) is 0 Å². The van der Waals surface area contributed by atoms with E-state index in [1.165, 1.54) is 0 Å². The molecule has 0 atom stereocenters. The second-order valence-electron chi connectivity index (χ2n) is 5.69. The largest absolute Gasteiger partial charge is 0.338 e. The minimum absolute atomic E-state index is 0.115. The second kappa shape index (κ2) is 5.66. The van der Waals surface area contributed by atoms with Gasteiger partial charge in [0.15, 0.2) is 0 Å². The molecule has 0 saturated carbocycles. The van der Waals surface area contributed by atoms with Gasteiger partial charge in [0.1, 0.15) is 5.69 Å². The minimum Gasteiger partial charge on any atom is -0.338 e. The molecule has 1 aliphatic heterocycles. The summed E-state index contributed by atoms with van der Waals surface area (Å²) in [5.74, 6) is -0.115. The number of aromatic nitrogens is 1. The van der Waals surface area contributed by atoms with Crippen LogP contribution in [0.1, 0.15) is 21.6 Å². The van der Waals surface area contributed by atoms with Gasteiger partial charge in [-0.05, 0) is 47.5 Å². The number of hydrogen-bond donors (Lipinski definition) is 1. The number of amides is 1. The van der Waals surface area contributed by atoms with Crippen LogP contribution < -0.4 is 5.32 Å². The van der Waals surface area contributed by atoms with Crippen LogP contribution in [0.2, 0.25) is 0 Å². The predicted molar refractivity (Wildman–Crippen MR) is 95.8 cm³/mol. The lowest BCUT2D eigenvalue weighted by molar-refractivity contribution is 0.102. The zero-order valence-electron chi connectivity index (χ0n) is 12.6. The second-order valence-corrected chi connectivity index (χ2v) is 6.60. The van der Waals surface area contributed by atoms with Crippen molar-refractivity contribution in [1.82, 2.24) is 4.57 Å². The average molecular weight is 378 g/mol. The van der Waals surface area contributed by atoms with Gasteiger partial charge in [0, 0.05) is 28.5 Å². The Morgan fingerprint density at radius 2 is 1.88 bits per heavy atom. The number of halogens is 1. The molecule has 4 rings (SSSR count). The first-order valence-electron chi connectivity index (χ1n) is 7.44. The maximum atomic E-state index is 12.5. The normalized spacial score (nSPS) is 12.6. The molecular weight excluding hydrogens is 366 g/mol. The molecule has 1 amide bonds. The fourth-order valence-corrected chi connectivity index (χ4v) is 3.32. The Labute approximate surface area is 147 Å². The van der Waals surface area contributed by atoms with Gasteiger partial charge >= 0.3 is 0 Å². The number of hydrogen-bond acceptors (Lipinski definition) is 2. The van der Waals surface area contributed by atoms with E-state index in [-0.39, 0.29) is 5.91 Å². The zero-order valence-corrected chi connectivity index (χ0v) is 14.2. The lowest BCUT2D eigenvalue weighted by Crippen LogP contribution is -2.12. The van der Waals surface area contributed by atoms with E-state index in [0.717, 1.165) is 26.9 Å². The van der Waals surface area contributed by atoms with Crippen LogP contribution in [0, 0.1) is 11.3 Å². The number of fused-ring (bicyclic) bond motifs is 2. The van der Waals surface area contributed by atoms with E-state index in [9.17, 15) is 4.79 Å². The smallest absolute Gasteiger partial charge is 0.272 e. The van der Waals surface area contributed by atoms with Crippen LogP contribution in [0.4, 0.5) is 5.69 Å². The standard InChI is InChI=1S/C19H12BrN3O/c20-16-5-6-17-15(7-16)11-23-10-14(8-18(23)19(24)22-17)13-3-1-12(9-21)2-4-13/h1-8,10H,11H2,(H,22,24). The van der Waals surface area contributed by atoms with Gasteiger partial charge in [0.25, 0.3) is 5.91 Å². The summed E-state index contributed by atoms with van der Waals surface area (Å²) in [6.45, 7) is 0.624. The molecule has 0 aliphatic carbocycles. The summed E-state index contributed by atoms with van der Waals surface area (Å²) in [4.78, 5) is 12.5. The van der Waals surface area contributed by atoms with Gasteiger partial charge in [-0.15, -0.1) is 0 Å². The van der Waals surface area contributed by atoms with E-state index in [1.807, 2.05) is 47.2 Å². The molecular formula is C19H12BrN3O. The van der Waals surface area contributed by atoms with Crippen LogP contribution >= 0.6 is 15.9 Å². The molecule has 4 nitrogen and oxygen atoms in total. The van der Waals surface area contributed by atoms with Crippen LogP contribution in [0.15, 0.2) is 59.2 Å². The van der Waals surface area contributed by atoms with E-state index in [4.69, 9.17) is 5.26 Å². The van der Waals surface area contributed by atoms with Crippen molar-refractivity contribution >= 4 is 27.5 Å². The van der Waals surface area contributed by atoms with E-state index < -0.39 is 0 Å². The number of nitrogens with zero attached hydrogens (tertiary/aromatic N) is 2. The monoisotopic (exact) mass is 377 g/mol. The minimum atomic E-state index is -0.115. The highest BCUT2D eigenvalue weighted by molar-refractivity contribution is 9.10. The third-order valence-corrected chi connectivity index (χ3v) is 4.63. The van der Waals surface area contributed by atoms with Gasteiger partial charge < -0.3 is 9.88 Å². The summed E-state index contributed by atoms with van der Waals surface area (Å²) in [5.41, 5.74) is 5.09. The number of rotatable bonds is 1. The van der Waals surface area contributed by atoms with Crippen molar-refractivity contribution in [3.8, 4) is 17.2 Å². The molecule has 1 N–H and O–H groups in total. The van der Waals surface area contributed by atoms with Crippen molar-refractivity contribution in [3.05, 3.63) is 76.0 Å². The quantitative estimate of drug-likeness (QED) is 0.682. The highest BCUT2D eigenvalue weighted by atomic mass is 79.9. The molecule has 116 valence electrons. The average Bonchev–Trinajstić information content (AvgIpc) is 2.96. The van der Waals surface area contributed by atoms with Crippen molar-refractivity contribution < 1.29 is 4.79 Å². The van der Waals surface area contributed by atoms with Crippen molar-refractivity contribution in [2.45, 2.75) is 6.54 Å². The fraction of sp³-hybridized carbons (Fsp3) is 0.0526. The first kappa shape index (κ1) is 14.7. The van der Waals surface area contributed by atoms with Crippen molar-refractivity contribution in [2.75, 3.05) is 5.32 Å². The molecule has 0 spiro atoms. The number of anilines is 1. The molecule has 0 fully saturated rings. The SMILES string of the molecule is N#Cc1ccc(-c2cc3n(c2)Cc2cc(Br)ccc2NC3=O)cc1. The third kappa shape index (κ3) is 2.51. The summed E-state index contributed by atoms with van der Waals surface area (Å²) >= 11 is 3.48. The molecule has 0 bridgehead atoms. The number of carbonyl (C=O) groups is 1. The maximum absolute atomic E-state index is 12.5. The Balaban J connectivity index is 1.77. The molecule has 24 heavy (non-hydrogen) atoms. The van der Waals surface area contributed by atoms with E-state index in [1.54, 1.807) is 12.1 Å². The molecule has 2 heterocycles.